The monoisotopic (exact) mass is 234 g/mol. The second-order valence-corrected chi connectivity index (χ2v) is 4.15. The predicted octanol–water partition coefficient (Wildman–Crippen LogP) is 2.37. The summed E-state index contributed by atoms with van der Waals surface area (Å²) in [6, 6.07) is 8.18. The highest BCUT2D eigenvalue weighted by Gasteiger charge is 2.14. The first-order valence-corrected chi connectivity index (χ1v) is 5.51. The van der Waals surface area contributed by atoms with Gasteiger partial charge in [-0.2, -0.15) is 5.10 Å². The quantitative estimate of drug-likeness (QED) is 0.885. The van der Waals surface area contributed by atoms with Crippen LogP contribution >= 0.6 is 0 Å². The lowest BCUT2D eigenvalue weighted by molar-refractivity contribution is 0.146. The Balaban J connectivity index is 2.20. The van der Waals surface area contributed by atoms with Gasteiger partial charge in [-0.05, 0) is 26.0 Å². The van der Waals surface area contributed by atoms with E-state index in [1.165, 1.54) is 6.07 Å². The van der Waals surface area contributed by atoms with Crippen LogP contribution in [0.4, 0.5) is 4.39 Å². The Hall–Kier alpha value is -1.68. The van der Waals surface area contributed by atoms with Gasteiger partial charge in [-0.25, -0.2) is 4.39 Å². The standard InChI is InChI=1S/C13H15FN2O/c1-9-7-10(2)16(15-9)8-13(17)11-5-3-4-6-12(11)14/h3-7,13,17H,8H2,1-2H3. The third-order valence-corrected chi connectivity index (χ3v) is 2.71. The first-order valence-electron chi connectivity index (χ1n) is 5.51. The second kappa shape index (κ2) is 4.67. The van der Waals surface area contributed by atoms with Crippen molar-refractivity contribution in [1.29, 1.82) is 0 Å². The maximum absolute atomic E-state index is 13.5. The molecule has 1 N–H and O–H groups in total. The fourth-order valence-electron chi connectivity index (χ4n) is 1.87. The van der Waals surface area contributed by atoms with Crippen molar-refractivity contribution in [2.45, 2.75) is 26.5 Å². The smallest absolute Gasteiger partial charge is 0.129 e. The van der Waals surface area contributed by atoms with Crippen LogP contribution in [0, 0.1) is 19.7 Å². The molecule has 2 rings (SSSR count). The van der Waals surface area contributed by atoms with Crippen LogP contribution < -0.4 is 0 Å². The molecule has 0 saturated carbocycles. The molecular formula is C13H15FN2O. The Bertz CT molecular complexity index is 522. The fourth-order valence-corrected chi connectivity index (χ4v) is 1.87. The molecule has 1 aromatic heterocycles. The first kappa shape index (κ1) is 11.8. The van der Waals surface area contributed by atoms with E-state index in [0.717, 1.165) is 11.4 Å². The van der Waals surface area contributed by atoms with Gasteiger partial charge in [-0.15, -0.1) is 0 Å². The maximum atomic E-state index is 13.5. The zero-order chi connectivity index (χ0) is 12.4. The number of rotatable bonds is 3. The largest absolute Gasteiger partial charge is 0.386 e. The molecule has 0 aliphatic carbocycles. The fraction of sp³-hybridized carbons (Fsp3) is 0.308. The van der Waals surface area contributed by atoms with Crippen molar-refractivity contribution in [1.82, 2.24) is 9.78 Å². The topological polar surface area (TPSA) is 38.0 Å². The van der Waals surface area contributed by atoms with Crippen molar-refractivity contribution in [2.24, 2.45) is 0 Å². The number of hydrogen-bond donors (Lipinski definition) is 1. The van der Waals surface area contributed by atoms with E-state index in [9.17, 15) is 9.50 Å². The Morgan fingerprint density at radius 3 is 2.65 bits per heavy atom. The van der Waals surface area contributed by atoms with Gasteiger partial charge in [0, 0.05) is 11.3 Å². The van der Waals surface area contributed by atoms with Crippen LogP contribution in [0.15, 0.2) is 30.3 Å². The molecule has 0 radical (unpaired) electrons. The zero-order valence-electron chi connectivity index (χ0n) is 9.89. The number of hydrogen-bond acceptors (Lipinski definition) is 2. The molecule has 0 bridgehead atoms. The molecule has 0 spiro atoms. The Kier molecular flexibility index (Phi) is 3.24. The van der Waals surface area contributed by atoms with Crippen molar-refractivity contribution >= 4 is 0 Å². The van der Waals surface area contributed by atoms with Crippen molar-refractivity contribution in [3.05, 3.63) is 53.1 Å². The van der Waals surface area contributed by atoms with Crippen LogP contribution in [0.5, 0.6) is 0 Å². The van der Waals surface area contributed by atoms with Gasteiger partial charge in [0.15, 0.2) is 0 Å². The Morgan fingerprint density at radius 1 is 1.35 bits per heavy atom. The molecule has 3 nitrogen and oxygen atoms in total. The van der Waals surface area contributed by atoms with Crippen LogP contribution in [-0.2, 0) is 6.54 Å². The molecule has 1 atom stereocenters. The van der Waals surface area contributed by atoms with Crippen LogP contribution in [0.2, 0.25) is 0 Å². The van der Waals surface area contributed by atoms with E-state index in [1.54, 1.807) is 22.9 Å². The van der Waals surface area contributed by atoms with Gasteiger partial charge in [0.05, 0.1) is 12.2 Å². The lowest BCUT2D eigenvalue weighted by Gasteiger charge is -2.13. The highest BCUT2D eigenvalue weighted by atomic mass is 19.1. The van der Waals surface area contributed by atoms with E-state index in [0.29, 0.717) is 5.56 Å². The predicted molar refractivity (Wildman–Crippen MR) is 63.1 cm³/mol. The molecule has 1 heterocycles. The molecule has 1 unspecified atom stereocenters. The summed E-state index contributed by atoms with van der Waals surface area (Å²) in [7, 11) is 0. The normalized spacial score (nSPS) is 12.7. The van der Waals surface area contributed by atoms with Crippen LogP contribution in [0.25, 0.3) is 0 Å². The average Bonchev–Trinajstić information content (AvgIpc) is 2.58. The van der Waals surface area contributed by atoms with Crippen molar-refractivity contribution in [2.75, 3.05) is 0 Å². The van der Waals surface area contributed by atoms with E-state index >= 15 is 0 Å². The number of aryl methyl sites for hydroxylation is 2. The van der Waals surface area contributed by atoms with Gasteiger partial charge in [-0.1, -0.05) is 18.2 Å². The number of halogens is 1. The van der Waals surface area contributed by atoms with E-state index in [4.69, 9.17) is 0 Å². The van der Waals surface area contributed by atoms with Gasteiger partial charge >= 0.3 is 0 Å². The average molecular weight is 234 g/mol. The molecule has 4 heteroatoms. The molecule has 0 saturated heterocycles. The number of aliphatic hydroxyl groups excluding tert-OH is 1. The van der Waals surface area contributed by atoms with Gasteiger partial charge in [-0.3, -0.25) is 4.68 Å². The van der Waals surface area contributed by atoms with E-state index in [-0.39, 0.29) is 12.4 Å². The van der Waals surface area contributed by atoms with Gasteiger partial charge in [0.2, 0.25) is 0 Å². The summed E-state index contributed by atoms with van der Waals surface area (Å²) in [5.41, 5.74) is 2.15. The van der Waals surface area contributed by atoms with Crippen LogP contribution in [-0.4, -0.2) is 14.9 Å². The summed E-state index contributed by atoms with van der Waals surface area (Å²) < 4.78 is 15.1. The first-order chi connectivity index (χ1) is 8.08. The number of aromatic nitrogens is 2. The van der Waals surface area contributed by atoms with E-state index < -0.39 is 6.10 Å². The Morgan fingerprint density at radius 2 is 2.06 bits per heavy atom. The Labute approximate surface area is 99.5 Å². The molecule has 0 fully saturated rings. The molecule has 17 heavy (non-hydrogen) atoms. The third kappa shape index (κ3) is 2.53. The van der Waals surface area contributed by atoms with Crippen molar-refractivity contribution in [3.8, 4) is 0 Å². The summed E-state index contributed by atoms with van der Waals surface area (Å²) in [6.07, 6.45) is -0.880. The minimum absolute atomic E-state index is 0.264. The third-order valence-electron chi connectivity index (χ3n) is 2.71. The molecule has 1 aromatic carbocycles. The van der Waals surface area contributed by atoms with Crippen molar-refractivity contribution in [3.63, 3.8) is 0 Å². The van der Waals surface area contributed by atoms with E-state index in [1.807, 2.05) is 19.9 Å². The number of aliphatic hydroxyl groups is 1. The minimum Gasteiger partial charge on any atom is -0.386 e. The highest BCUT2D eigenvalue weighted by Crippen LogP contribution is 2.19. The molecular weight excluding hydrogens is 219 g/mol. The summed E-state index contributed by atoms with van der Waals surface area (Å²) in [4.78, 5) is 0. The van der Waals surface area contributed by atoms with Crippen LogP contribution in [0.3, 0.4) is 0 Å². The number of benzene rings is 1. The highest BCUT2D eigenvalue weighted by molar-refractivity contribution is 5.20. The summed E-state index contributed by atoms with van der Waals surface area (Å²) >= 11 is 0. The second-order valence-electron chi connectivity index (χ2n) is 4.15. The van der Waals surface area contributed by atoms with Crippen LogP contribution in [0.1, 0.15) is 23.1 Å². The summed E-state index contributed by atoms with van der Waals surface area (Å²) in [6.45, 7) is 4.06. The van der Waals surface area contributed by atoms with Gasteiger partial charge < -0.3 is 5.11 Å². The van der Waals surface area contributed by atoms with Gasteiger partial charge in [0.1, 0.15) is 11.9 Å². The minimum atomic E-state index is -0.880. The lowest BCUT2D eigenvalue weighted by atomic mass is 10.1. The number of nitrogens with zero attached hydrogens (tertiary/aromatic N) is 2. The summed E-state index contributed by atoms with van der Waals surface area (Å²) in [5.74, 6) is -0.387. The molecule has 0 amide bonds. The van der Waals surface area contributed by atoms with Crippen molar-refractivity contribution < 1.29 is 9.50 Å². The SMILES string of the molecule is Cc1cc(C)n(CC(O)c2ccccc2F)n1. The molecule has 90 valence electrons. The molecule has 0 aliphatic heterocycles. The lowest BCUT2D eigenvalue weighted by Crippen LogP contribution is -2.12. The van der Waals surface area contributed by atoms with E-state index in [2.05, 4.69) is 5.10 Å². The molecule has 2 aromatic rings. The zero-order valence-corrected chi connectivity index (χ0v) is 9.89. The summed E-state index contributed by atoms with van der Waals surface area (Å²) in [5, 5.41) is 14.2. The molecule has 0 aliphatic rings. The van der Waals surface area contributed by atoms with Gasteiger partial charge in [0.25, 0.3) is 0 Å². The maximum Gasteiger partial charge on any atom is 0.129 e.